The summed E-state index contributed by atoms with van der Waals surface area (Å²) in [6.07, 6.45) is 5.05. The van der Waals surface area contributed by atoms with Gasteiger partial charge in [0.2, 0.25) is 0 Å². The van der Waals surface area contributed by atoms with Gasteiger partial charge >= 0.3 is 5.97 Å². The van der Waals surface area contributed by atoms with Gasteiger partial charge in [-0.25, -0.2) is 0 Å². The minimum absolute atomic E-state index is 0.0391. The molecular formula is C15H18ClNO3. The zero-order chi connectivity index (χ0) is 14.4. The van der Waals surface area contributed by atoms with Crippen LogP contribution in [-0.2, 0) is 14.3 Å². The quantitative estimate of drug-likeness (QED) is 0.866. The van der Waals surface area contributed by atoms with Crippen LogP contribution in [0.1, 0.15) is 32.1 Å². The first-order valence-electron chi connectivity index (χ1n) is 6.87. The van der Waals surface area contributed by atoms with Gasteiger partial charge in [0.05, 0.1) is 5.92 Å². The minimum Gasteiger partial charge on any atom is -0.455 e. The van der Waals surface area contributed by atoms with Gasteiger partial charge in [-0.2, -0.15) is 0 Å². The Bertz CT molecular complexity index is 484. The standard InChI is InChI=1S/C15H18ClNO3/c16-12-7-4-8-13(9-12)17-14(18)10-20-15(19)11-5-2-1-3-6-11/h4,7-9,11H,1-3,5-6,10H2,(H,17,18). The van der Waals surface area contributed by atoms with Crippen LogP contribution in [0.2, 0.25) is 5.02 Å². The highest BCUT2D eigenvalue weighted by Crippen LogP contribution is 2.24. The van der Waals surface area contributed by atoms with E-state index >= 15 is 0 Å². The van der Waals surface area contributed by atoms with Gasteiger partial charge in [-0.15, -0.1) is 0 Å². The fraction of sp³-hybridized carbons (Fsp3) is 0.467. The Labute approximate surface area is 123 Å². The lowest BCUT2D eigenvalue weighted by Gasteiger charge is -2.19. The van der Waals surface area contributed by atoms with Crippen LogP contribution < -0.4 is 5.32 Å². The molecule has 0 aliphatic heterocycles. The molecule has 20 heavy (non-hydrogen) atoms. The molecule has 0 bridgehead atoms. The summed E-state index contributed by atoms with van der Waals surface area (Å²) in [6, 6.07) is 6.83. The molecular weight excluding hydrogens is 278 g/mol. The number of nitrogens with one attached hydrogen (secondary N) is 1. The topological polar surface area (TPSA) is 55.4 Å². The molecule has 1 aliphatic rings. The van der Waals surface area contributed by atoms with E-state index in [0.717, 1.165) is 25.7 Å². The SMILES string of the molecule is O=C(COC(=O)C1CCCCC1)Nc1cccc(Cl)c1. The summed E-state index contributed by atoms with van der Waals surface area (Å²) in [5, 5.41) is 3.18. The molecule has 0 unspecified atom stereocenters. The first kappa shape index (κ1) is 14.9. The zero-order valence-corrected chi connectivity index (χ0v) is 12.0. The van der Waals surface area contributed by atoms with E-state index < -0.39 is 0 Å². The first-order chi connectivity index (χ1) is 9.65. The summed E-state index contributed by atoms with van der Waals surface area (Å²) < 4.78 is 5.06. The Hall–Kier alpha value is -1.55. The summed E-state index contributed by atoms with van der Waals surface area (Å²) in [4.78, 5) is 23.5. The number of benzene rings is 1. The monoisotopic (exact) mass is 295 g/mol. The van der Waals surface area contributed by atoms with Crippen molar-refractivity contribution in [3.8, 4) is 0 Å². The molecule has 1 aliphatic carbocycles. The Morgan fingerprint density at radius 2 is 2.00 bits per heavy atom. The molecule has 0 atom stereocenters. The van der Waals surface area contributed by atoms with Gasteiger partial charge in [0.15, 0.2) is 6.61 Å². The maximum absolute atomic E-state index is 11.8. The van der Waals surface area contributed by atoms with E-state index in [2.05, 4.69) is 5.32 Å². The lowest BCUT2D eigenvalue weighted by Crippen LogP contribution is -2.26. The second-order valence-corrected chi connectivity index (χ2v) is 5.44. The van der Waals surface area contributed by atoms with Crippen molar-refractivity contribution in [2.24, 2.45) is 5.92 Å². The number of anilines is 1. The molecule has 1 amide bonds. The Morgan fingerprint density at radius 1 is 1.25 bits per heavy atom. The number of hydrogen-bond acceptors (Lipinski definition) is 3. The number of halogens is 1. The largest absolute Gasteiger partial charge is 0.455 e. The first-order valence-corrected chi connectivity index (χ1v) is 7.25. The number of hydrogen-bond donors (Lipinski definition) is 1. The van der Waals surface area contributed by atoms with Crippen LogP contribution >= 0.6 is 11.6 Å². The fourth-order valence-electron chi connectivity index (χ4n) is 2.36. The lowest BCUT2D eigenvalue weighted by atomic mass is 9.89. The molecule has 0 spiro atoms. The number of ether oxygens (including phenoxy) is 1. The third-order valence-electron chi connectivity index (χ3n) is 3.39. The van der Waals surface area contributed by atoms with Crippen LogP contribution in [0.3, 0.4) is 0 Å². The van der Waals surface area contributed by atoms with Gasteiger partial charge in [-0.05, 0) is 31.0 Å². The fourth-order valence-corrected chi connectivity index (χ4v) is 2.55. The Balaban J connectivity index is 1.75. The van der Waals surface area contributed by atoms with Gasteiger partial charge in [0.25, 0.3) is 5.91 Å². The summed E-state index contributed by atoms with van der Waals surface area (Å²) in [5.74, 6) is -0.648. The Morgan fingerprint density at radius 3 is 2.70 bits per heavy atom. The van der Waals surface area contributed by atoms with Crippen molar-refractivity contribution in [1.82, 2.24) is 0 Å². The summed E-state index contributed by atoms with van der Waals surface area (Å²) in [6.45, 7) is -0.248. The number of amides is 1. The maximum Gasteiger partial charge on any atom is 0.309 e. The number of carbonyl (C=O) groups is 2. The molecule has 5 heteroatoms. The maximum atomic E-state index is 11.8. The molecule has 1 fully saturated rings. The average molecular weight is 296 g/mol. The van der Waals surface area contributed by atoms with Crippen LogP contribution in [0.25, 0.3) is 0 Å². The van der Waals surface area contributed by atoms with Crippen LogP contribution in [-0.4, -0.2) is 18.5 Å². The van der Waals surface area contributed by atoms with Crippen molar-refractivity contribution >= 4 is 29.2 Å². The van der Waals surface area contributed by atoms with Crippen molar-refractivity contribution in [2.75, 3.05) is 11.9 Å². The third-order valence-corrected chi connectivity index (χ3v) is 3.63. The van der Waals surface area contributed by atoms with E-state index in [-0.39, 0.29) is 24.4 Å². The van der Waals surface area contributed by atoms with Gasteiger partial charge in [0, 0.05) is 10.7 Å². The molecule has 0 heterocycles. The van der Waals surface area contributed by atoms with E-state index in [1.807, 2.05) is 0 Å². The number of esters is 1. The highest BCUT2D eigenvalue weighted by atomic mass is 35.5. The minimum atomic E-state index is -0.351. The lowest BCUT2D eigenvalue weighted by molar-refractivity contribution is -0.152. The van der Waals surface area contributed by atoms with Crippen molar-refractivity contribution in [2.45, 2.75) is 32.1 Å². The van der Waals surface area contributed by atoms with E-state index in [0.29, 0.717) is 10.7 Å². The van der Waals surface area contributed by atoms with E-state index in [9.17, 15) is 9.59 Å². The molecule has 1 aromatic rings. The molecule has 4 nitrogen and oxygen atoms in total. The number of rotatable bonds is 4. The van der Waals surface area contributed by atoms with Gasteiger partial charge in [-0.3, -0.25) is 9.59 Å². The van der Waals surface area contributed by atoms with Crippen LogP contribution in [0.4, 0.5) is 5.69 Å². The van der Waals surface area contributed by atoms with E-state index in [4.69, 9.17) is 16.3 Å². The predicted octanol–water partition coefficient (Wildman–Crippen LogP) is 3.40. The molecule has 1 saturated carbocycles. The molecule has 1 N–H and O–H groups in total. The van der Waals surface area contributed by atoms with Crippen LogP contribution in [0.5, 0.6) is 0 Å². The molecule has 0 radical (unpaired) electrons. The summed E-state index contributed by atoms with van der Waals surface area (Å²) >= 11 is 5.82. The molecule has 2 rings (SSSR count). The van der Waals surface area contributed by atoms with E-state index in [1.165, 1.54) is 6.42 Å². The van der Waals surface area contributed by atoms with Gasteiger partial charge in [0.1, 0.15) is 0 Å². The van der Waals surface area contributed by atoms with Crippen molar-refractivity contribution < 1.29 is 14.3 Å². The summed E-state index contributed by atoms with van der Waals surface area (Å²) in [7, 11) is 0. The Kier molecular flexibility index (Phi) is 5.41. The van der Waals surface area contributed by atoms with Crippen molar-refractivity contribution in [3.05, 3.63) is 29.3 Å². The van der Waals surface area contributed by atoms with Gasteiger partial charge in [-0.1, -0.05) is 36.9 Å². The highest BCUT2D eigenvalue weighted by Gasteiger charge is 2.23. The predicted molar refractivity (Wildman–Crippen MR) is 77.6 cm³/mol. The molecule has 1 aromatic carbocycles. The highest BCUT2D eigenvalue weighted by molar-refractivity contribution is 6.30. The van der Waals surface area contributed by atoms with E-state index in [1.54, 1.807) is 24.3 Å². The normalized spacial score (nSPS) is 15.7. The average Bonchev–Trinajstić information content (AvgIpc) is 2.46. The summed E-state index contributed by atoms with van der Waals surface area (Å²) in [5.41, 5.74) is 0.594. The van der Waals surface area contributed by atoms with Crippen LogP contribution in [0, 0.1) is 5.92 Å². The molecule has 0 saturated heterocycles. The smallest absolute Gasteiger partial charge is 0.309 e. The zero-order valence-electron chi connectivity index (χ0n) is 11.2. The van der Waals surface area contributed by atoms with Crippen molar-refractivity contribution in [3.63, 3.8) is 0 Å². The molecule has 0 aromatic heterocycles. The molecule has 108 valence electrons. The third kappa shape index (κ3) is 4.53. The second-order valence-electron chi connectivity index (χ2n) is 5.00. The van der Waals surface area contributed by atoms with Crippen molar-refractivity contribution in [1.29, 1.82) is 0 Å². The van der Waals surface area contributed by atoms with Gasteiger partial charge < -0.3 is 10.1 Å². The number of carbonyl (C=O) groups excluding carboxylic acids is 2. The van der Waals surface area contributed by atoms with Crippen LogP contribution in [0.15, 0.2) is 24.3 Å². The second kappa shape index (κ2) is 7.29.